The molecule has 3 N–H and O–H groups in total. The number of phenols is 1. The van der Waals surface area contributed by atoms with E-state index in [0.717, 1.165) is 17.6 Å². The Kier molecular flexibility index (Phi) is 1.62. The highest BCUT2D eigenvalue weighted by Crippen LogP contribution is 2.21. The summed E-state index contributed by atoms with van der Waals surface area (Å²) in [6.45, 7) is 2.79. The third kappa shape index (κ3) is 1.11. The quantitative estimate of drug-likeness (QED) is 0.691. The van der Waals surface area contributed by atoms with Crippen LogP contribution in [0.15, 0.2) is 18.2 Å². The lowest BCUT2D eigenvalue weighted by Gasteiger charge is -2.00. The van der Waals surface area contributed by atoms with Crippen molar-refractivity contribution in [1.29, 1.82) is 0 Å². The molecule has 0 aliphatic carbocycles. The van der Waals surface area contributed by atoms with E-state index in [1.54, 1.807) is 12.1 Å². The standard InChI is InChI=1S/C9H11N3O/c1-2-12-8-4-3-6(13)5-7(8)11-9(12)10/h3-5,13H,2H2,1H3,(H2,10,11). The molecule has 0 bridgehead atoms. The number of fused-ring (bicyclic) bond motifs is 1. The van der Waals surface area contributed by atoms with Crippen molar-refractivity contribution in [3.8, 4) is 5.75 Å². The SMILES string of the molecule is CCn1c(N)nc2cc(O)ccc21. The number of nitrogens with two attached hydrogens (primary N) is 1. The van der Waals surface area contributed by atoms with E-state index in [4.69, 9.17) is 5.73 Å². The topological polar surface area (TPSA) is 64.1 Å². The minimum Gasteiger partial charge on any atom is -0.508 e. The fraction of sp³-hybridized carbons (Fsp3) is 0.222. The fourth-order valence-corrected chi connectivity index (χ4v) is 1.47. The van der Waals surface area contributed by atoms with Gasteiger partial charge in [-0.3, -0.25) is 0 Å². The molecule has 4 heteroatoms. The first kappa shape index (κ1) is 7.91. The van der Waals surface area contributed by atoms with E-state index in [-0.39, 0.29) is 5.75 Å². The number of nitrogen functional groups attached to an aromatic ring is 1. The van der Waals surface area contributed by atoms with Crippen LogP contribution in [-0.2, 0) is 6.54 Å². The summed E-state index contributed by atoms with van der Waals surface area (Å²) in [5, 5.41) is 9.21. The van der Waals surface area contributed by atoms with E-state index < -0.39 is 0 Å². The van der Waals surface area contributed by atoms with Gasteiger partial charge < -0.3 is 15.4 Å². The molecule has 0 spiro atoms. The molecule has 13 heavy (non-hydrogen) atoms. The molecule has 4 nitrogen and oxygen atoms in total. The summed E-state index contributed by atoms with van der Waals surface area (Å²) in [5.74, 6) is 0.705. The van der Waals surface area contributed by atoms with Crippen LogP contribution in [0.1, 0.15) is 6.92 Å². The maximum Gasteiger partial charge on any atom is 0.201 e. The largest absolute Gasteiger partial charge is 0.508 e. The number of benzene rings is 1. The van der Waals surface area contributed by atoms with Crippen LogP contribution in [0.4, 0.5) is 5.95 Å². The van der Waals surface area contributed by atoms with Gasteiger partial charge in [0.2, 0.25) is 5.95 Å². The molecule has 0 aliphatic heterocycles. The molecule has 0 amide bonds. The number of phenolic OH excluding ortho intramolecular Hbond substituents is 1. The van der Waals surface area contributed by atoms with Gasteiger partial charge >= 0.3 is 0 Å². The molecule has 2 rings (SSSR count). The van der Waals surface area contributed by atoms with Crippen molar-refractivity contribution in [2.24, 2.45) is 0 Å². The Labute approximate surface area is 75.6 Å². The molecule has 0 radical (unpaired) electrons. The average Bonchev–Trinajstić information content (AvgIpc) is 2.39. The van der Waals surface area contributed by atoms with Crippen molar-refractivity contribution >= 4 is 17.0 Å². The van der Waals surface area contributed by atoms with Crippen LogP contribution in [0.3, 0.4) is 0 Å². The van der Waals surface area contributed by atoms with Crippen molar-refractivity contribution in [2.75, 3.05) is 5.73 Å². The Morgan fingerprint density at radius 3 is 3.00 bits per heavy atom. The predicted octanol–water partition coefficient (Wildman–Crippen LogP) is 1.34. The zero-order chi connectivity index (χ0) is 9.42. The normalized spacial score (nSPS) is 10.8. The van der Waals surface area contributed by atoms with Gasteiger partial charge in [0.15, 0.2) is 0 Å². The molecule has 1 aromatic carbocycles. The fourth-order valence-electron chi connectivity index (χ4n) is 1.47. The molecule has 1 heterocycles. The molecule has 0 saturated heterocycles. The number of aryl methyl sites for hydroxylation is 1. The van der Waals surface area contributed by atoms with Crippen molar-refractivity contribution in [2.45, 2.75) is 13.5 Å². The van der Waals surface area contributed by atoms with Crippen LogP contribution in [0.2, 0.25) is 0 Å². The van der Waals surface area contributed by atoms with E-state index in [9.17, 15) is 5.11 Å². The Bertz CT molecular complexity index is 447. The molecular weight excluding hydrogens is 166 g/mol. The van der Waals surface area contributed by atoms with E-state index in [0.29, 0.717) is 5.95 Å². The molecule has 68 valence electrons. The Morgan fingerprint density at radius 1 is 1.54 bits per heavy atom. The maximum absolute atomic E-state index is 9.21. The third-order valence-electron chi connectivity index (χ3n) is 2.08. The van der Waals surface area contributed by atoms with Crippen molar-refractivity contribution < 1.29 is 5.11 Å². The smallest absolute Gasteiger partial charge is 0.201 e. The average molecular weight is 177 g/mol. The lowest BCUT2D eigenvalue weighted by atomic mass is 10.3. The first-order chi connectivity index (χ1) is 6.22. The van der Waals surface area contributed by atoms with Crippen LogP contribution >= 0.6 is 0 Å². The number of hydrogen-bond donors (Lipinski definition) is 2. The lowest BCUT2D eigenvalue weighted by Crippen LogP contribution is -2.00. The highest BCUT2D eigenvalue weighted by atomic mass is 16.3. The first-order valence-electron chi connectivity index (χ1n) is 4.17. The van der Waals surface area contributed by atoms with Gasteiger partial charge in [-0.15, -0.1) is 0 Å². The van der Waals surface area contributed by atoms with Crippen LogP contribution < -0.4 is 5.73 Å². The highest BCUT2D eigenvalue weighted by Gasteiger charge is 2.05. The van der Waals surface area contributed by atoms with Gasteiger partial charge in [-0.2, -0.15) is 0 Å². The van der Waals surface area contributed by atoms with Crippen molar-refractivity contribution in [1.82, 2.24) is 9.55 Å². The minimum absolute atomic E-state index is 0.216. The summed E-state index contributed by atoms with van der Waals surface area (Å²) >= 11 is 0. The van der Waals surface area contributed by atoms with Crippen LogP contribution in [0.25, 0.3) is 11.0 Å². The van der Waals surface area contributed by atoms with Crippen LogP contribution in [0.5, 0.6) is 5.75 Å². The second-order valence-electron chi connectivity index (χ2n) is 2.89. The summed E-state index contributed by atoms with van der Waals surface area (Å²) < 4.78 is 1.90. The molecule has 0 saturated carbocycles. The molecule has 2 aromatic rings. The zero-order valence-electron chi connectivity index (χ0n) is 7.36. The predicted molar refractivity (Wildman–Crippen MR) is 51.5 cm³/mol. The van der Waals surface area contributed by atoms with Gasteiger partial charge in [0.1, 0.15) is 5.75 Å². The zero-order valence-corrected chi connectivity index (χ0v) is 7.36. The summed E-state index contributed by atoms with van der Waals surface area (Å²) in [6.07, 6.45) is 0. The number of anilines is 1. The van der Waals surface area contributed by atoms with E-state index in [1.807, 2.05) is 17.6 Å². The van der Waals surface area contributed by atoms with Gasteiger partial charge in [-0.05, 0) is 19.1 Å². The van der Waals surface area contributed by atoms with Gasteiger partial charge in [-0.1, -0.05) is 0 Å². The van der Waals surface area contributed by atoms with E-state index in [1.165, 1.54) is 0 Å². The number of hydrogen-bond acceptors (Lipinski definition) is 3. The monoisotopic (exact) mass is 177 g/mol. The summed E-state index contributed by atoms with van der Waals surface area (Å²) in [7, 11) is 0. The molecular formula is C9H11N3O. The number of aromatic hydroxyl groups is 1. The van der Waals surface area contributed by atoms with Crippen molar-refractivity contribution in [3.63, 3.8) is 0 Å². The van der Waals surface area contributed by atoms with Gasteiger partial charge in [0.25, 0.3) is 0 Å². The summed E-state index contributed by atoms with van der Waals surface area (Å²) in [4.78, 5) is 4.13. The molecule has 0 unspecified atom stereocenters. The van der Waals surface area contributed by atoms with Gasteiger partial charge in [-0.25, -0.2) is 4.98 Å². The number of imidazole rings is 1. The number of rotatable bonds is 1. The lowest BCUT2D eigenvalue weighted by molar-refractivity contribution is 0.476. The summed E-state index contributed by atoms with van der Waals surface area (Å²) in [6, 6.07) is 5.06. The third-order valence-corrected chi connectivity index (χ3v) is 2.08. The van der Waals surface area contributed by atoms with E-state index in [2.05, 4.69) is 4.98 Å². The van der Waals surface area contributed by atoms with Crippen molar-refractivity contribution in [3.05, 3.63) is 18.2 Å². The number of nitrogens with zero attached hydrogens (tertiary/aromatic N) is 2. The Balaban J connectivity index is 2.79. The van der Waals surface area contributed by atoms with Crippen LogP contribution in [0, 0.1) is 0 Å². The van der Waals surface area contributed by atoms with Gasteiger partial charge in [0, 0.05) is 12.6 Å². The summed E-state index contributed by atoms with van der Waals surface area (Å²) in [5.41, 5.74) is 7.38. The molecule has 0 fully saturated rings. The second kappa shape index (κ2) is 2.65. The Morgan fingerprint density at radius 2 is 2.31 bits per heavy atom. The highest BCUT2D eigenvalue weighted by molar-refractivity contribution is 5.79. The second-order valence-corrected chi connectivity index (χ2v) is 2.89. The molecule has 0 aliphatic rings. The molecule has 1 aromatic heterocycles. The maximum atomic E-state index is 9.21. The van der Waals surface area contributed by atoms with Crippen LogP contribution in [-0.4, -0.2) is 14.7 Å². The van der Waals surface area contributed by atoms with Gasteiger partial charge in [0.05, 0.1) is 11.0 Å². The van der Waals surface area contributed by atoms with E-state index >= 15 is 0 Å². The minimum atomic E-state index is 0.216. The first-order valence-corrected chi connectivity index (χ1v) is 4.17. The number of aromatic nitrogens is 2. The molecule has 0 atom stereocenters. The Hall–Kier alpha value is -1.71.